The fraction of sp³-hybridized carbons (Fsp3) is 0.714. The van der Waals surface area contributed by atoms with Gasteiger partial charge < -0.3 is 0 Å². The van der Waals surface area contributed by atoms with Crippen LogP contribution in [-0.4, -0.2) is 14.8 Å². The van der Waals surface area contributed by atoms with E-state index in [4.69, 9.17) is 0 Å². The zero-order valence-electron chi connectivity index (χ0n) is 6.50. The third-order valence-corrected chi connectivity index (χ3v) is 2.14. The Kier molecular flexibility index (Phi) is 1.34. The van der Waals surface area contributed by atoms with Crippen LogP contribution in [0.3, 0.4) is 0 Å². The zero-order valence-corrected chi connectivity index (χ0v) is 6.50. The molecule has 60 valence electrons. The molecule has 0 spiro atoms. The van der Waals surface area contributed by atoms with E-state index in [-0.39, 0.29) is 5.69 Å². The lowest BCUT2D eigenvalue weighted by Gasteiger charge is -1.94. The lowest BCUT2D eigenvalue weighted by Crippen LogP contribution is -2.14. The Bertz CT molecular complexity index is 308. The van der Waals surface area contributed by atoms with Crippen LogP contribution in [0.2, 0.25) is 0 Å². The second kappa shape index (κ2) is 2.22. The van der Waals surface area contributed by atoms with Crippen LogP contribution in [0, 0.1) is 5.92 Å². The largest absolute Gasteiger partial charge is 0.343 e. The summed E-state index contributed by atoms with van der Waals surface area (Å²) in [6.45, 7) is 0. The standard InChI is InChI=1S/C7H11N3O/c1-10-6(4-5-2-3-5)8-9-7(10)11/h5H,2-4H2,1H3,(H,9,11). The third-order valence-electron chi connectivity index (χ3n) is 2.14. The van der Waals surface area contributed by atoms with Crippen molar-refractivity contribution in [2.24, 2.45) is 13.0 Å². The van der Waals surface area contributed by atoms with Gasteiger partial charge in [0.05, 0.1) is 0 Å². The van der Waals surface area contributed by atoms with E-state index >= 15 is 0 Å². The van der Waals surface area contributed by atoms with E-state index in [1.165, 1.54) is 12.8 Å². The van der Waals surface area contributed by atoms with Crippen molar-refractivity contribution >= 4 is 0 Å². The first kappa shape index (κ1) is 6.64. The van der Waals surface area contributed by atoms with Crippen molar-refractivity contribution in [1.29, 1.82) is 0 Å². The van der Waals surface area contributed by atoms with Crippen molar-refractivity contribution in [3.63, 3.8) is 0 Å². The average molecular weight is 153 g/mol. The summed E-state index contributed by atoms with van der Waals surface area (Å²) in [6.07, 6.45) is 3.54. The predicted molar refractivity (Wildman–Crippen MR) is 40.3 cm³/mol. The number of nitrogens with zero attached hydrogens (tertiary/aromatic N) is 2. The van der Waals surface area contributed by atoms with Crippen molar-refractivity contribution < 1.29 is 0 Å². The second-order valence-electron chi connectivity index (χ2n) is 3.15. The van der Waals surface area contributed by atoms with E-state index in [2.05, 4.69) is 10.2 Å². The van der Waals surface area contributed by atoms with Crippen LogP contribution in [0.4, 0.5) is 0 Å². The number of rotatable bonds is 2. The monoisotopic (exact) mass is 153 g/mol. The van der Waals surface area contributed by atoms with Crippen LogP contribution >= 0.6 is 0 Å². The van der Waals surface area contributed by atoms with Gasteiger partial charge in [0.15, 0.2) is 0 Å². The first-order valence-corrected chi connectivity index (χ1v) is 3.87. The van der Waals surface area contributed by atoms with E-state index in [0.29, 0.717) is 0 Å². The molecule has 0 aromatic carbocycles. The molecule has 1 saturated carbocycles. The van der Waals surface area contributed by atoms with Crippen molar-refractivity contribution in [3.05, 3.63) is 16.3 Å². The summed E-state index contributed by atoms with van der Waals surface area (Å²) >= 11 is 0. The second-order valence-corrected chi connectivity index (χ2v) is 3.15. The average Bonchev–Trinajstić information content (AvgIpc) is 2.74. The number of hydrogen-bond donors (Lipinski definition) is 1. The summed E-state index contributed by atoms with van der Waals surface area (Å²) in [6, 6.07) is 0. The Hall–Kier alpha value is -1.06. The summed E-state index contributed by atoms with van der Waals surface area (Å²) in [5.74, 6) is 1.67. The molecule has 0 radical (unpaired) electrons. The molecular weight excluding hydrogens is 142 g/mol. The van der Waals surface area contributed by atoms with Crippen LogP contribution in [0.15, 0.2) is 4.79 Å². The van der Waals surface area contributed by atoms with Crippen LogP contribution in [-0.2, 0) is 13.5 Å². The Morgan fingerprint density at radius 2 is 2.45 bits per heavy atom. The molecule has 1 N–H and O–H groups in total. The molecule has 1 aliphatic carbocycles. The Morgan fingerprint density at radius 1 is 1.73 bits per heavy atom. The fourth-order valence-corrected chi connectivity index (χ4v) is 1.14. The molecule has 1 aliphatic rings. The molecule has 1 fully saturated rings. The molecule has 2 rings (SSSR count). The van der Waals surface area contributed by atoms with Crippen LogP contribution in [0.1, 0.15) is 18.7 Å². The quantitative estimate of drug-likeness (QED) is 0.653. The van der Waals surface area contributed by atoms with Gasteiger partial charge in [-0.15, -0.1) is 0 Å². The minimum absolute atomic E-state index is 0.111. The lowest BCUT2D eigenvalue weighted by atomic mass is 10.3. The minimum atomic E-state index is -0.111. The van der Waals surface area contributed by atoms with Gasteiger partial charge in [0.2, 0.25) is 0 Å². The van der Waals surface area contributed by atoms with Gasteiger partial charge in [-0.25, -0.2) is 9.89 Å². The molecule has 1 heterocycles. The normalized spacial score (nSPS) is 17.2. The molecule has 1 aromatic rings. The van der Waals surface area contributed by atoms with Crippen LogP contribution < -0.4 is 5.69 Å². The molecule has 1 aromatic heterocycles. The molecule has 0 bridgehead atoms. The number of H-pyrrole nitrogens is 1. The molecule has 0 aliphatic heterocycles. The molecular formula is C7H11N3O. The molecule has 4 nitrogen and oxygen atoms in total. The maximum absolute atomic E-state index is 10.9. The Balaban J connectivity index is 2.22. The molecule has 4 heteroatoms. The highest BCUT2D eigenvalue weighted by Gasteiger charge is 2.23. The van der Waals surface area contributed by atoms with Crippen molar-refractivity contribution in [2.75, 3.05) is 0 Å². The number of nitrogens with one attached hydrogen (secondary N) is 1. The molecule has 0 amide bonds. The van der Waals surface area contributed by atoms with Crippen molar-refractivity contribution in [1.82, 2.24) is 14.8 Å². The van der Waals surface area contributed by atoms with Gasteiger partial charge in [0, 0.05) is 13.5 Å². The van der Waals surface area contributed by atoms with E-state index in [1.54, 1.807) is 11.6 Å². The lowest BCUT2D eigenvalue weighted by molar-refractivity contribution is 0.707. The van der Waals surface area contributed by atoms with E-state index in [9.17, 15) is 4.79 Å². The Morgan fingerprint density at radius 3 is 2.91 bits per heavy atom. The summed E-state index contributed by atoms with van der Waals surface area (Å²) in [5.41, 5.74) is -0.111. The van der Waals surface area contributed by atoms with Gasteiger partial charge in [0.1, 0.15) is 5.82 Å². The highest BCUT2D eigenvalue weighted by Crippen LogP contribution is 2.31. The predicted octanol–water partition coefficient (Wildman–Crippen LogP) is 0.0609. The first-order valence-electron chi connectivity index (χ1n) is 3.87. The van der Waals surface area contributed by atoms with E-state index < -0.39 is 0 Å². The first-order chi connectivity index (χ1) is 5.27. The smallest absolute Gasteiger partial charge is 0.282 e. The topological polar surface area (TPSA) is 50.7 Å². The Labute approximate surface area is 64.2 Å². The van der Waals surface area contributed by atoms with Gasteiger partial charge >= 0.3 is 5.69 Å². The minimum Gasteiger partial charge on any atom is -0.282 e. The fourth-order valence-electron chi connectivity index (χ4n) is 1.14. The molecule has 11 heavy (non-hydrogen) atoms. The molecule has 0 atom stereocenters. The summed E-state index contributed by atoms with van der Waals surface area (Å²) in [5, 5.41) is 6.35. The maximum atomic E-state index is 10.9. The number of hydrogen-bond acceptors (Lipinski definition) is 2. The SMILES string of the molecule is Cn1c(CC2CC2)n[nH]c1=O. The van der Waals surface area contributed by atoms with Gasteiger partial charge in [-0.3, -0.25) is 4.57 Å². The summed E-state index contributed by atoms with van der Waals surface area (Å²) in [4.78, 5) is 10.9. The number of aromatic nitrogens is 3. The van der Waals surface area contributed by atoms with Crippen molar-refractivity contribution in [3.8, 4) is 0 Å². The summed E-state index contributed by atoms with van der Waals surface area (Å²) < 4.78 is 1.58. The van der Waals surface area contributed by atoms with Gasteiger partial charge in [-0.2, -0.15) is 5.10 Å². The molecule has 0 saturated heterocycles. The van der Waals surface area contributed by atoms with Crippen LogP contribution in [0.25, 0.3) is 0 Å². The zero-order chi connectivity index (χ0) is 7.84. The van der Waals surface area contributed by atoms with Crippen molar-refractivity contribution in [2.45, 2.75) is 19.3 Å². The van der Waals surface area contributed by atoms with Gasteiger partial charge in [-0.05, 0) is 18.8 Å². The van der Waals surface area contributed by atoms with E-state index in [0.717, 1.165) is 18.2 Å². The maximum Gasteiger partial charge on any atom is 0.343 e. The van der Waals surface area contributed by atoms with Gasteiger partial charge in [-0.1, -0.05) is 0 Å². The highest BCUT2D eigenvalue weighted by atomic mass is 16.1. The van der Waals surface area contributed by atoms with Gasteiger partial charge in [0.25, 0.3) is 0 Å². The molecule has 0 unspecified atom stereocenters. The van der Waals surface area contributed by atoms with E-state index in [1.807, 2.05) is 0 Å². The third kappa shape index (κ3) is 1.20. The number of aromatic amines is 1. The highest BCUT2D eigenvalue weighted by molar-refractivity contribution is 4.91. The summed E-state index contributed by atoms with van der Waals surface area (Å²) in [7, 11) is 1.75. The van der Waals surface area contributed by atoms with Crippen LogP contribution in [0.5, 0.6) is 0 Å².